The van der Waals surface area contributed by atoms with E-state index in [1.807, 2.05) is 30.3 Å². The molecule has 1 aliphatic rings. The number of alkyl halides is 1. The van der Waals surface area contributed by atoms with E-state index in [-0.39, 0.29) is 17.7 Å². The van der Waals surface area contributed by atoms with Crippen molar-refractivity contribution in [3.05, 3.63) is 35.9 Å². The van der Waals surface area contributed by atoms with E-state index in [9.17, 15) is 9.59 Å². The molecule has 1 aliphatic heterocycles. The highest BCUT2D eigenvalue weighted by Gasteiger charge is 2.44. The summed E-state index contributed by atoms with van der Waals surface area (Å²) in [5.74, 6) is -0.140. The minimum absolute atomic E-state index is 0.0985. The number of rotatable bonds is 6. The Labute approximate surface area is 198 Å². The Kier molecular flexibility index (Phi) is 11.2. The molecule has 1 saturated heterocycles. The predicted octanol–water partition coefficient (Wildman–Crippen LogP) is 5.81. The van der Waals surface area contributed by atoms with Gasteiger partial charge in [0.05, 0.1) is 5.38 Å². The minimum atomic E-state index is -1.11. The van der Waals surface area contributed by atoms with Gasteiger partial charge in [-0.05, 0) is 30.7 Å². The Morgan fingerprint density at radius 2 is 1.68 bits per heavy atom. The van der Waals surface area contributed by atoms with E-state index in [0.29, 0.717) is 19.4 Å². The van der Waals surface area contributed by atoms with Crippen molar-refractivity contribution < 1.29 is 9.59 Å². The molecule has 2 N–H and O–H groups in total. The van der Waals surface area contributed by atoms with Gasteiger partial charge < -0.3 is 10.6 Å². The van der Waals surface area contributed by atoms with Crippen LogP contribution in [0.4, 0.5) is 0 Å². The summed E-state index contributed by atoms with van der Waals surface area (Å²) in [6.07, 6.45) is 10.2. The third-order valence-corrected chi connectivity index (χ3v) is 7.39. The molecule has 6 heteroatoms. The Bertz CT molecular complexity index is 685. The first-order valence-corrected chi connectivity index (χ1v) is 12.7. The van der Waals surface area contributed by atoms with Crippen LogP contribution in [0.3, 0.4) is 0 Å². The van der Waals surface area contributed by atoms with E-state index in [0.717, 1.165) is 31.2 Å². The van der Waals surface area contributed by atoms with Gasteiger partial charge in [-0.3, -0.25) is 9.59 Å². The number of carbonyl (C=O) groups is 2. The van der Waals surface area contributed by atoms with E-state index < -0.39 is 16.2 Å². The fourth-order valence-corrected chi connectivity index (χ4v) is 5.16. The number of thiol groups is 1. The maximum absolute atomic E-state index is 13.5. The van der Waals surface area contributed by atoms with Crippen molar-refractivity contribution in [1.29, 1.82) is 0 Å². The Morgan fingerprint density at radius 1 is 1.10 bits per heavy atom. The van der Waals surface area contributed by atoms with Crippen LogP contribution in [-0.2, 0) is 9.59 Å². The van der Waals surface area contributed by atoms with Gasteiger partial charge >= 0.3 is 0 Å². The average molecular weight is 467 g/mol. The van der Waals surface area contributed by atoms with Crippen molar-refractivity contribution >= 4 is 36.0 Å². The van der Waals surface area contributed by atoms with Gasteiger partial charge in [-0.15, -0.1) is 11.6 Å². The number of hydrogen-bond donors (Lipinski definition) is 3. The molecule has 3 unspecified atom stereocenters. The summed E-state index contributed by atoms with van der Waals surface area (Å²) in [5, 5.41) is 5.44. The maximum atomic E-state index is 13.5. The van der Waals surface area contributed by atoms with Crippen molar-refractivity contribution in [2.45, 2.75) is 94.2 Å². The topological polar surface area (TPSA) is 58.2 Å². The van der Waals surface area contributed by atoms with Gasteiger partial charge in [0.25, 0.3) is 0 Å². The molecule has 0 saturated carbocycles. The van der Waals surface area contributed by atoms with E-state index in [4.69, 9.17) is 24.2 Å². The van der Waals surface area contributed by atoms with E-state index in [1.165, 1.54) is 25.7 Å². The number of carbonyl (C=O) groups excluding carboxylic acids is 2. The molecule has 0 aromatic heterocycles. The van der Waals surface area contributed by atoms with Gasteiger partial charge in [0.1, 0.15) is 10.8 Å². The SMILES string of the molecule is CC(C)CC(S)(C(=O)NC1CCCCCCCCCCNC1=O)C(Cl)c1ccccc1. The number of hydrogen-bond acceptors (Lipinski definition) is 3. The smallest absolute Gasteiger partial charge is 0.242 e. The van der Waals surface area contributed by atoms with Gasteiger partial charge in [-0.25, -0.2) is 0 Å². The van der Waals surface area contributed by atoms with Gasteiger partial charge in [-0.1, -0.05) is 89.1 Å². The number of halogens is 1. The third-order valence-electron chi connectivity index (χ3n) is 5.96. The third kappa shape index (κ3) is 8.34. The van der Waals surface area contributed by atoms with Crippen LogP contribution < -0.4 is 10.6 Å². The molecular weight excluding hydrogens is 428 g/mol. The average Bonchev–Trinajstić information content (AvgIpc) is 2.77. The lowest BCUT2D eigenvalue weighted by atomic mass is 9.88. The maximum Gasteiger partial charge on any atom is 0.242 e. The number of nitrogens with one attached hydrogen (secondary N) is 2. The first-order chi connectivity index (χ1) is 14.8. The van der Waals surface area contributed by atoms with Crippen LogP contribution in [0.2, 0.25) is 0 Å². The zero-order chi connectivity index (χ0) is 22.7. The summed E-state index contributed by atoms with van der Waals surface area (Å²) in [7, 11) is 0. The molecule has 174 valence electrons. The standard InChI is InChI=1S/C25H39ClN2O2S/c1-19(2)18-25(31,22(26)20-14-10-9-11-15-20)24(30)28-21-16-12-7-5-3-4-6-8-13-17-27-23(21)29/h9-11,14-15,19,21-22,31H,3-8,12-13,16-18H2,1-2H3,(H,27,29)(H,28,30). The summed E-state index contributed by atoms with van der Waals surface area (Å²) in [6, 6.07) is 9.04. The van der Waals surface area contributed by atoms with Gasteiger partial charge in [-0.2, -0.15) is 12.6 Å². The second-order valence-electron chi connectivity index (χ2n) is 9.23. The minimum Gasteiger partial charge on any atom is -0.354 e. The molecular formula is C25H39ClN2O2S. The molecule has 2 amide bonds. The van der Waals surface area contributed by atoms with Gasteiger partial charge in [0.15, 0.2) is 0 Å². The zero-order valence-electron chi connectivity index (χ0n) is 19.0. The Balaban J connectivity index is 2.16. The molecule has 1 heterocycles. The van der Waals surface area contributed by atoms with Crippen LogP contribution in [0.25, 0.3) is 0 Å². The van der Waals surface area contributed by atoms with Crippen molar-refractivity contribution in [3.63, 3.8) is 0 Å². The number of amides is 2. The molecule has 31 heavy (non-hydrogen) atoms. The van der Waals surface area contributed by atoms with E-state index in [2.05, 4.69) is 24.5 Å². The molecule has 4 nitrogen and oxygen atoms in total. The normalized spacial score (nSPS) is 22.2. The van der Waals surface area contributed by atoms with Crippen LogP contribution in [0, 0.1) is 5.92 Å². The lowest BCUT2D eigenvalue weighted by Crippen LogP contribution is -2.54. The monoisotopic (exact) mass is 466 g/mol. The van der Waals surface area contributed by atoms with E-state index >= 15 is 0 Å². The highest BCUT2D eigenvalue weighted by molar-refractivity contribution is 7.82. The second kappa shape index (κ2) is 13.4. The molecule has 1 aromatic carbocycles. The number of benzene rings is 1. The van der Waals surface area contributed by atoms with Crippen LogP contribution in [-0.4, -0.2) is 29.1 Å². The fourth-order valence-electron chi connectivity index (χ4n) is 4.25. The summed E-state index contributed by atoms with van der Waals surface area (Å²) >= 11 is 11.7. The largest absolute Gasteiger partial charge is 0.354 e. The van der Waals surface area contributed by atoms with Crippen LogP contribution in [0.1, 0.15) is 89.0 Å². The molecule has 2 rings (SSSR count). The molecule has 0 bridgehead atoms. The van der Waals surface area contributed by atoms with Gasteiger partial charge in [0.2, 0.25) is 11.8 Å². The molecule has 1 aromatic rings. The van der Waals surface area contributed by atoms with Crippen molar-refractivity contribution in [2.75, 3.05) is 6.54 Å². The van der Waals surface area contributed by atoms with Crippen LogP contribution in [0.15, 0.2) is 30.3 Å². The molecule has 1 fully saturated rings. The summed E-state index contributed by atoms with van der Waals surface area (Å²) in [5.41, 5.74) is 0.856. The fraction of sp³-hybridized carbons (Fsp3) is 0.680. The first-order valence-electron chi connectivity index (χ1n) is 11.8. The summed E-state index contributed by atoms with van der Waals surface area (Å²) in [6.45, 7) is 4.77. The summed E-state index contributed by atoms with van der Waals surface area (Å²) in [4.78, 5) is 26.4. The lowest BCUT2D eigenvalue weighted by molar-refractivity contribution is -0.130. The molecule has 0 aliphatic carbocycles. The van der Waals surface area contributed by atoms with E-state index in [1.54, 1.807) is 0 Å². The summed E-state index contributed by atoms with van der Waals surface area (Å²) < 4.78 is -1.11. The quantitative estimate of drug-likeness (QED) is 0.366. The van der Waals surface area contributed by atoms with Crippen molar-refractivity contribution in [2.24, 2.45) is 5.92 Å². The predicted molar refractivity (Wildman–Crippen MR) is 133 cm³/mol. The second-order valence-corrected chi connectivity index (χ2v) is 10.5. The Morgan fingerprint density at radius 3 is 2.29 bits per heavy atom. The highest BCUT2D eigenvalue weighted by atomic mass is 35.5. The lowest BCUT2D eigenvalue weighted by Gasteiger charge is -2.35. The Hall–Kier alpha value is -1.20. The zero-order valence-corrected chi connectivity index (χ0v) is 20.7. The van der Waals surface area contributed by atoms with Crippen LogP contribution >= 0.6 is 24.2 Å². The van der Waals surface area contributed by atoms with Crippen molar-refractivity contribution in [1.82, 2.24) is 10.6 Å². The highest BCUT2D eigenvalue weighted by Crippen LogP contribution is 2.42. The molecule has 3 atom stereocenters. The van der Waals surface area contributed by atoms with Crippen molar-refractivity contribution in [3.8, 4) is 0 Å². The molecule has 0 spiro atoms. The molecule has 0 radical (unpaired) electrons. The van der Waals surface area contributed by atoms with Gasteiger partial charge in [0, 0.05) is 6.54 Å². The first kappa shape index (κ1) is 26.1. The van der Waals surface area contributed by atoms with Crippen LogP contribution in [0.5, 0.6) is 0 Å².